The fraction of sp³-hybridized carbons (Fsp3) is 0.244. The van der Waals surface area contributed by atoms with Crippen molar-refractivity contribution in [1.82, 2.24) is 4.58 Å². The van der Waals surface area contributed by atoms with Gasteiger partial charge < -0.3 is 13.6 Å². The molecule has 4 aromatic rings. The zero-order chi connectivity index (χ0) is 34.9. The van der Waals surface area contributed by atoms with Crippen LogP contribution in [0.3, 0.4) is 0 Å². The molecule has 2 aliphatic rings. The lowest BCUT2D eigenvalue weighted by atomic mass is 9.93. The van der Waals surface area contributed by atoms with Gasteiger partial charge in [0.2, 0.25) is 5.36 Å². The number of benzene rings is 5. The first-order valence-corrected chi connectivity index (χ1v) is 21.0. The van der Waals surface area contributed by atoms with E-state index in [-0.39, 0.29) is 0 Å². The number of rotatable bonds is 15. The van der Waals surface area contributed by atoms with Gasteiger partial charge in [-0.1, -0.05) is 80.2 Å². The first-order valence-electron chi connectivity index (χ1n) is 17.1. The summed E-state index contributed by atoms with van der Waals surface area (Å²) < 4.78 is 15.0. The third kappa shape index (κ3) is 7.60. The van der Waals surface area contributed by atoms with Crippen molar-refractivity contribution >= 4 is 50.5 Å². The molecular weight excluding hydrogens is 679 g/mol. The van der Waals surface area contributed by atoms with Crippen molar-refractivity contribution in [2.45, 2.75) is 42.4 Å². The van der Waals surface area contributed by atoms with E-state index in [2.05, 4.69) is 146 Å². The summed E-state index contributed by atoms with van der Waals surface area (Å²) >= 11 is 3.65. The van der Waals surface area contributed by atoms with Gasteiger partial charge in [-0.3, -0.25) is 0 Å². The summed E-state index contributed by atoms with van der Waals surface area (Å²) in [6, 6.07) is 42.5. The van der Waals surface area contributed by atoms with Crippen molar-refractivity contribution in [2.75, 3.05) is 41.2 Å². The van der Waals surface area contributed by atoms with Gasteiger partial charge in [-0.25, -0.2) is 4.58 Å². The van der Waals surface area contributed by atoms with Crippen LogP contribution in [0.5, 0.6) is 0 Å². The van der Waals surface area contributed by atoms with Crippen LogP contribution in [-0.2, 0) is 4.28 Å². The van der Waals surface area contributed by atoms with Crippen LogP contribution in [-0.4, -0.2) is 36.3 Å². The Labute approximate surface area is 305 Å². The fourth-order valence-electron chi connectivity index (χ4n) is 6.30. The average molecular weight is 723 g/mol. The molecule has 0 aromatic heterocycles. The first-order chi connectivity index (χ1) is 24.5. The van der Waals surface area contributed by atoms with Crippen molar-refractivity contribution in [2.24, 2.45) is 5.34 Å². The predicted octanol–water partition coefficient (Wildman–Crippen LogP) is 11.1. The molecule has 0 radical (unpaired) electrons. The molecule has 4 aromatic carbocycles. The standard InChI is InChI=1S/C41H44N3O3S3/c1-5-43(29-48-33-17-11-9-12-18-33)31-23-25-35-38(27-31)46-39-28-32(44(6-2)30-49-34-19-13-10-14-20-34)24-26-36(39)41(35)37-21-15-16-22-40(37)50(7-3,8-4)47-42-45/h9-28H,5-8,29-30H2,1-4H3/q+1. The zero-order valence-electron chi connectivity index (χ0n) is 29.1. The highest BCUT2D eigenvalue weighted by Gasteiger charge is 2.31. The number of nitrogens with zero attached hydrogens (tertiary/aromatic N) is 3. The maximum absolute atomic E-state index is 11.7. The van der Waals surface area contributed by atoms with E-state index in [1.165, 1.54) is 9.79 Å². The van der Waals surface area contributed by atoms with E-state index >= 15 is 0 Å². The average Bonchev–Trinajstić information content (AvgIpc) is 3.17. The second-order valence-electron chi connectivity index (χ2n) is 11.8. The van der Waals surface area contributed by atoms with Gasteiger partial charge in [-0.15, -0.1) is 16.7 Å². The second kappa shape index (κ2) is 16.7. The lowest BCUT2D eigenvalue weighted by Gasteiger charge is -2.35. The number of anilines is 1. The molecule has 0 saturated heterocycles. The molecule has 0 unspecified atom stereocenters. The number of hydrogen-bond donors (Lipinski definition) is 0. The SMILES string of the molecule is CCN(CSc1ccccc1)c1ccc2c(-c3ccccc3S(CC)(CC)ON=O)c3ccc(=[N+](CC)CSc4ccccc4)cc-3oc2c1. The molecule has 258 valence electrons. The lowest BCUT2D eigenvalue weighted by molar-refractivity contribution is 0.377. The molecule has 1 heterocycles. The van der Waals surface area contributed by atoms with Gasteiger partial charge in [0.15, 0.2) is 11.2 Å². The third-order valence-electron chi connectivity index (χ3n) is 9.11. The van der Waals surface area contributed by atoms with Crippen LogP contribution in [0.15, 0.2) is 146 Å². The Morgan fingerprint density at radius 2 is 1.44 bits per heavy atom. The summed E-state index contributed by atoms with van der Waals surface area (Å²) in [5.41, 5.74) is 5.04. The van der Waals surface area contributed by atoms with Crippen molar-refractivity contribution in [1.29, 1.82) is 0 Å². The van der Waals surface area contributed by atoms with Crippen LogP contribution in [0.4, 0.5) is 5.69 Å². The number of thioether (sulfide) groups is 2. The fourth-order valence-corrected chi connectivity index (χ4v) is 10.6. The Balaban J connectivity index is 1.54. The van der Waals surface area contributed by atoms with Gasteiger partial charge in [-0.05, 0) is 78.3 Å². The minimum absolute atomic E-state index is 0.683. The highest BCUT2D eigenvalue weighted by atomic mass is 32.3. The van der Waals surface area contributed by atoms with E-state index < -0.39 is 10.3 Å². The van der Waals surface area contributed by atoms with E-state index in [4.69, 9.17) is 8.70 Å². The third-order valence-corrected chi connectivity index (χ3v) is 14.6. The molecule has 0 amide bonds. The molecule has 1 aliphatic heterocycles. The minimum atomic E-state index is -1.97. The maximum atomic E-state index is 11.7. The van der Waals surface area contributed by atoms with Crippen molar-refractivity contribution in [3.63, 3.8) is 0 Å². The summed E-state index contributed by atoms with van der Waals surface area (Å²) in [5.74, 6) is 3.81. The van der Waals surface area contributed by atoms with Crippen LogP contribution in [0.2, 0.25) is 0 Å². The van der Waals surface area contributed by atoms with Gasteiger partial charge in [-0.2, -0.15) is 0 Å². The van der Waals surface area contributed by atoms with Crippen LogP contribution < -0.4 is 14.8 Å². The van der Waals surface area contributed by atoms with Gasteiger partial charge in [0.1, 0.15) is 17.9 Å². The number of hydrogen-bond acceptors (Lipinski definition) is 7. The van der Waals surface area contributed by atoms with Gasteiger partial charge in [0, 0.05) is 67.1 Å². The lowest BCUT2D eigenvalue weighted by Crippen LogP contribution is -2.29. The maximum Gasteiger partial charge on any atom is 0.204 e. The van der Waals surface area contributed by atoms with E-state index in [9.17, 15) is 4.91 Å². The van der Waals surface area contributed by atoms with E-state index in [1.807, 2.05) is 41.7 Å². The van der Waals surface area contributed by atoms with E-state index in [0.29, 0.717) is 11.5 Å². The van der Waals surface area contributed by atoms with Gasteiger partial charge >= 0.3 is 0 Å². The minimum Gasteiger partial charge on any atom is -0.456 e. The first kappa shape index (κ1) is 35.6. The molecule has 0 bridgehead atoms. The molecule has 0 N–H and O–H groups in total. The van der Waals surface area contributed by atoms with Gasteiger partial charge in [0.25, 0.3) is 0 Å². The summed E-state index contributed by atoms with van der Waals surface area (Å²) in [5, 5.41) is 5.12. The Morgan fingerprint density at radius 1 is 0.760 bits per heavy atom. The second-order valence-corrected chi connectivity index (χ2v) is 17.2. The summed E-state index contributed by atoms with van der Waals surface area (Å²) in [6.07, 6.45) is 0. The van der Waals surface area contributed by atoms with Crippen molar-refractivity contribution in [3.05, 3.63) is 132 Å². The Morgan fingerprint density at radius 3 is 2.10 bits per heavy atom. The van der Waals surface area contributed by atoms with Gasteiger partial charge in [0.05, 0.1) is 11.9 Å². The molecule has 0 spiro atoms. The molecule has 50 heavy (non-hydrogen) atoms. The van der Waals surface area contributed by atoms with Crippen LogP contribution in [0.25, 0.3) is 33.4 Å². The van der Waals surface area contributed by atoms with E-state index in [1.54, 1.807) is 0 Å². The summed E-state index contributed by atoms with van der Waals surface area (Å²) in [6.45, 7) is 10.3. The smallest absolute Gasteiger partial charge is 0.204 e. The predicted molar refractivity (Wildman–Crippen MR) is 215 cm³/mol. The normalized spacial score (nSPS) is 12.6. The number of fused-ring (bicyclic) bond motifs is 2. The monoisotopic (exact) mass is 722 g/mol. The molecule has 0 fully saturated rings. The molecule has 1 aliphatic carbocycles. The summed E-state index contributed by atoms with van der Waals surface area (Å²) in [7, 11) is -1.97. The quantitative estimate of drug-likeness (QED) is 0.0263. The Kier molecular flexibility index (Phi) is 11.9. The molecule has 0 saturated carbocycles. The summed E-state index contributed by atoms with van der Waals surface area (Å²) in [4.78, 5) is 17.5. The van der Waals surface area contributed by atoms with Crippen LogP contribution in [0, 0.1) is 4.91 Å². The highest BCUT2D eigenvalue weighted by molar-refractivity contribution is 8.29. The van der Waals surface area contributed by atoms with Crippen molar-refractivity contribution in [3.8, 4) is 22.5 Å². The Hall–Kier alpha value is -4.18. The molecule has 9 heteroatoms. The van der Waals surface area contributed by atoms with Crippen LogP contribution in [0.1, 0.15) is 27.7 Å². The molecule has 6 nitrogen and oxygen atoms in total. The molecule has 0 atom stereocenters. The largest absolute Gasteiger partial charge is 0.456 e. The topological polar surface area (TPSA) is 58.0 Å². The van der Waals surface area contributed by atoms with Crippen LogP contribution >= 0.6 is 33.8 Å². The Bertz CT molecular complexity index is 2080. The van der Waals surface area contributed by atoms with Crippen molar-refractivity contribution < 1.29 is 8.70 Å². The molecule has 6 rings (SSSR count). The highest BCUT2D eigenvalue weighted by Crippen LogP contribution is 2.60. The molecular formula is C41H44N3O3S3+. The van der Waals surface area contributed by atoms with E-state index in [0.717, 1.165) is 74.2 Å². The zero-order valence-corrected chi connectivity index (χ0v) is 31.5.